The maximum atomic E-state index is 13.3. The molecule has 1 aliphatic heterocycles. The quantitative estimate of drug-likeness (QED) is 0.791. The molecule has 2 aromatic rings. The van der Waals surface area contributed by atoms with Gasteiger partial charge in [-0.25, -0.2) is 16.8 Å². The van der Waals surface area contributed by atoms with Crippen LogP contribution < -0.4 is 5.32 Å². The Bertz CT molecular complexity index is 1070. The number of fused-ring (bicyclic) bond motifs is 1. The predicted octanol–water partition coefficient (Wildman–Crippen LogP) is 1.69. The molecule has 28 heavy (non-hydrogen) atoms. The third kappa shape index (κ3) is 3.99. The Kier molecular flexibility index (Phi) is 5.28. The highest BCUT2D eigenvalue weighted by Crippen LogP contribution is 2.29. The second kappa shape index (κ2) is 7.57. The van der Waals surface area contributed by atoms with Crippen molar-refractivity contribution in [3.05, 3.63) is 59.4 Å². The van der Waals surface area contributed by atoms with Gasteiger partial charge >= 0.3 is 0 Å². The number of rotatable bonds is 5. The van der Waals surface area contributed by atoms with E-state index in [1.807, 2.05) is 18.2 Å². The maximum absolute atomic E-state index is 13.3. The van der Waals surface area contributed by atoms with E-state index in [2.05, 4.69) is 10.3 Å². The van der Waals surface area contributed by atoms with E-state index in [0.717, 1.165) is 36.8 Å². The fourth-order valence-corrected chi connectivity index (χ4v) is 8.89. The molecule has 1 fully saturated rings. The summed E-state index contributed by atoms with van der Waals surface area (Å²) in [6.07, 6.45) is 7.36. The molecule has 1 aromatic carbocycles. The summed E-state index contributed by atoms with van der Waals surface area (Å²) in [5.74, 6) is -0.493. The van der Waals surface area contributed by atoms with Gasteiger partial charge in [0.05, 0.1) is 21.7 Å². The average Bonchev–Trinajstić information content (AvgIpc) is 3.02. The molecular weight excluding hydrogens is 396 g/mol. The lowest BCUT2D eigenvalue weighted by molar-refractivity contribution is 0.525. The van der Waals surface area contributed by atoms with Gasteiger partial charge in [-0.2, -0.15) is 0 Å². The summed E-state index contributed by atoms with van der Waals surface area (Å²) in [7, 11) is -7.16. The number of nitrogens with one attached hydrogen (secondary N) is 1. The minimum absolute atomic E-state index is 0.160. The van der Waals surface area contributed by atoms with Crippen molar-refractivity contribution in [2.75, 3.05) is 11.5 Å². The van der Waals surface area contributed by atoms with E-state index in [1.165, 1.54) is 5.56 Å². The highest BCUT2D eigenvalue weighted by atomic mass is 32.2. The van der Waals surface area contributed by atoms with Crippen molar-refractivity contribution >= 4 is 19.7 Å². The van der Waals surface area contributed by atoms with Crippen molar-refractivity contribution < 1.29 is 16.8 Å². The molecule has 0 unspecified atom stereocenters. The zero-order valence-corrected chi connectivity index (χ0v) is 17.2. The van der Waals surface area contributed by atoms with Gasteiger partial charge in [0, 0.05) is 25.0 Å². The highest BCUT2D eigenvalue weighted by molar-refractivity contribution is 7.96. The number of hydrogen-bond acceptors (Lipinski definition) is 6. The van der Waals surface area contributed by atoms with E-state index < -0.39 is 31.0 Å². The Morgan fingerprint density at radius 1 is 1.00 bits per heavy atom. The standard InChI is InChI=1S/C20H24N2O4S2/c23-27(24)13-19(22-12-15-7-9-21-10-8-15)20(14-27)28(25,26)18-6-5-16-3-1-2-4-17(16)11-18/h5-11,19-20,22H,1-4,12-14H2/t19-,20-/m0/s1. The first-order valence-corrected chi connectivity index (χ1v) is 12.9. The second-order valence-electron chi connectivity index (χ2n) is 7.64. The number of hydrogen-bond donors (Lipinski definition) is 1. The monoisotopic (exact) mass is 420 g/mol. The van der Waals surface area contributed by atoms with Crippen LogP contribution in [-0.4, -0.2) is 44.6 Å². The van der Waals surface area contributed by atoms with Gasteiger partial charge in [-0.15, -0.1) is 0 Å². The van der Waals surface area contributed by atoms with Crippen LogP contribution in [0.15, 0.2) is 47.6 Å². The van der Waals surface area contributed by atoms with Crippen LogP contribution in [0.2, 0.25) is 0 Å². The number of aromatic nitrogens is 1. The number of benzene rings is 1. The topological polar surface area (TPSA) is 93.2 Å². The van der Waals surface area contributed by atoms with Crippen LogP contribution in [0, 0.1) is 0 Å². The molecule has 0 amide bonds. The van der Waals surface area contributed by atoms with Crippen LogP contribution in [0.4, 0.5) is 0 Å². The normalized spacial score (nSPS) is 24.0. The summed E-state index contributed by atoms with van der Waals surface area (Å²) >= 11 is 0. The number of aryl methyl sites for hydroxylation is 2. The van der Waals surface area contributed by atoms with E-state index >= 15 is 0 Å². The van der Waals surface area contributed by atoms with Crippen LogP contribution in [0.5, 0.6) is 0 Å². The fraction of sp³-hybridized carbons (Fsp3) is 0.450. The molecule has 2 heterocycles. The van der Waals surface area contributed by atoms with Gasteiger partial charge < -0.3 is 5.32 Å². The minimum Gasteiger partial charge on any atom is -0.308 e. The number of sulfone groups is 2. The van der Waals surface area contributed by atoms with E-state index in [1.54, 1.807) is 24.5 Å². The molecule has 0 spiro atoms. The molecule has 0 radical (unpaired) electrons. The zero-order valence-electron chi connectivity index (χ0n) is 15.5. The van der Waals surface area contributed by atoms with Crippen LogP contribution >= 0.6 is 0 Å². The lowest BCUT2D eigenvalue weighted by Gasteiger charge is -2.22. The molecule has 2 aliphatic rings. The summed E-state index contributed by atoms with van der Waals surface area (Å²) in [5.41, 5.74) is 3.22. The van der Waals surface area contributed by atoms with Gasteiger partial charge in [-0.1, -0.05) is 6.07 Å². The van der Waals surface area contributed by atoms with Crippen LogP contribution in [0.3, 0.4) is 0 Å². The predicted molar refractivity (Wildman–Crippen MR) is 108 cm³/mol. The SMILES string of the molecule is O=S1(=O)C[C@H](NCc2ccncc2)[C@@H](S(=O)(=O)c2ccc3c(c2)CCCC3)C1. The molecule has 0 bridgehead atoms. The molecule has 6 nitrogen and oxygen atoms in total. The Morgan fingerprint density at radius 2 is 1.71 bits per heavy atom. The summed E-state index contributed by atoms with van der Waals surface area (Å²) < 4.78 is 51.1. The van der Waals surface area contributed by atoms with Crippen molar-refractivity contribution in [3.63, 3.8) is 0 Å². The van der Waals surface area contributed by atoms with Crippen molar-refractivity contribution in [2.45, 2.75) is 48.4 Å². The molecule has 8 heteroatoms. The van der Waals surface area contributed by atoms with Gasteiger partial charge in [0.2, 0.25) is 0 Å². The molecule has 150 valence electrons. The first-order valence-electron chi connectivity index (χ1n) is 9.54. The van der Waals surface area contributed by atoms with Gasteiger partial charge in [0.25, 0.3) is 0 Å². The smallest absolute Gasteiger partial charge is 0.183 e. The van der Waals surface area contributed by atoms with Gasteiger partial charge in [-0.3, -0.25) is 4.98 Å². The van der Waals surface area contributed by atoms with Gasteiger partial charge in [-0.05, 0) is 66.6 Å². The molecule has 4 rings (SSSR count). The molecule has 2 atom stereocenters. The lowest BCUT2D eigenvalue weighted by Crippen LogP contribution is -2.43. The number of pyridine rings is 1. The van der Waals surface area contributed by atoms with E-state index in [0.29, 0.717) is 6.54 Å². The van der Waals surface area contributed by atoms with Crippen LogP contribution in [0.25, 0.3) is 0 Å². The molecule has 1 N–H and O–H groups in total. The van der Waals surface area contributed by atoms with Crippen molar-refractivity contribution in [3.8, 4) is 0 Å². The van der Waals surface area contributed by atoms with Crippen molar-refractivity contribution in [1.82, 2.24) is 10.3 Å². The Labute approximate surface area is 166 Å². The Morgan fingerprint density at radius 3 is 2.46 bits per heavy atom. The van der Waals surface area contributed by atoms with Gasteiger partial charge in [0.15, 0.2) is 19.7 Å². The zero-order chi connectivity index (χ0) is 19.8. The molecule has 1 aliphatic carbocycles. The first-order chi connectivity index (χ1) is 13.4. The van der Waals surface area contributed by atoms with E-state index in [4.69, 9.17) is 0 Å². The average molecular weight is 421 g/mol. The number of nitrogens with zero attached hydrogens (tertiary/aromatic N) is 1. The Balaban J connectivity index is 1.60. The van der Waals surface area contributed by atoms with Crippen LogP contribution in [0.1, 0.15) is 29.5 Å². The molecule has 0 saturated carbocycles. The van der Waals surface area contributed by atoms with E-state index in [-0.39, 0.29) is 16.4 Å². The molecule has 1 saturated heterocycles. The third-order valence-electron chi connectivity index (χ3n) is 5.67. The second-order valence-corrected chi connectivity index (χ2v) is 12.0. The summed E-state index contributed by atoms with van der Waals surface area (Å²) in [4.78, 5) is 4.20. The van der Waals surface area contributed by atoms with Crippen molar-refractivity contribution in [1.29, 1.82) is 0 Å². The van der Waals surface area contributed by atoms with E-state index in [9.17, 15) is 16.8 Å². The van der Waals surface area contributed by atoms with Crippen molar-refractivity contribution in [2.24, 2.45) is 0 Å². The lowest BCUT2D eigenvalue weighted by atomic mass is 9.92. The Hall–Kier alpha value is -1.77. The molecule has 1 aromatic heterocycles. The summed E-state index contributed by atoms with van der Waals surface area (Å²) in [6.45, 7) is 0.402. The maximum Gasteiger partial charge on any atom is 0.183 e. The first kappa shape index (κ1) is 19.5. The third-order valence-corrected chi connectivity index (χ3v) is 9.81. The minimum atomic E-state index is -3.75. The molecular formula is C20H24N2O4S2. The summed E-state index contributed by atoms with van der Waals surface area (Å²) in [6, 6.07) is 8.31. The fourth-order valence-electron chi connectivity index (χ4n) is 4.12. The highest BCUT2D eigenvalue weighted by Gasteiger charge is 2.45. The summed E-state index contributed by atoms with van der Waals surface area (Å²) in [5, 5.41) is 2.18. The largest absolute Gasteiger partial charge is 0.308 e. The van der Waals surface area contributed by atoms with Crippen LogP contribution in [-0.2, 0) is 39.1 Å². The van der Waals surface area contributed by atoms with Gasteiger partial charge in [0.1, 0.15) is 0 Å².